The predicted octanol–water partition coefficient (Wildman–Crippen LogP) is 5.92. The molecule has 1 aliphatic rings. The second-order valence-corrected chi connectivity index (χ2v) is 12.0. The van der Waals surface area contributed by atoms with Crippen molar-refractivity contribution in [1.29, 1.82) is 0 Å². The van der Waals surface area contributed by atoms with E-state index in [9.17, 15) is 9.59 Å². The van der Waals surface area contributed by atoms with Crippen LogP contribution in [0.4, 0.5) is 21.2 Å². The maximum absolute atomic E-state index is 13.2. The van der Waals surface area contributed by atoms with Crippen LogP contribution in [0.5, 0.6) is 0 Å². The number of ether oxygens (including phenoxy) is 1. The first kappa shape index (κ1) is 26.7. The number of anilines is 3. The molecule has 4 rings (SSSR count). The number of rotatable bonds is 5. The van der Waals surface area contributed by atoms with Gasteiger partial charge in [-0.1, -0.05) is 11.3 Å². The van der Waals surface area contributed by atoms with Crippen LogP contribution in [0.15, 0.2) is 47.2 Å². The van der Waals surface area contributed by atoms with Crippen molar-refractivity contribution in [3.63, 3.8) is 0 Å². The highest BCUT2D eigenvalue weighted by atomic mass is 32.1. The van der Waals surface area contributed by atoms with Gasteiger partial charge in [0.25, 0.3) is 5.91 Å². The van der Waals surface area contributed by atoms with Crippen molar-refractivity contribution < 1.29 is 18.7 Å². The predicted molar refractivity (Wildman–Crippen MR) is 148 cm³/mol. The quantitative estimate of drug-likeness (QED) is 0.426. The largest absolute Gasteiger partial charge is 0.464 e. The highest BCUT2D eigenvalue weighted by molar-refractivity contribution is 7.17. The number of carbonyl (C=O) groups is 2. The van der Waals surface area contributed by atoms with E-state index < -0.39 is 11.7 Å². The fourth-order valence-corrected chi connectivity index (χ4v) is 4.92. The van der Waals surface area contributed by atoms with Gasteiger partial charge in [0.15, 0.2) is 5.01 Å². The maximum atomic E-state index is 13.2. The van der Waals surface area contributed by atoms with Gasteiger partial charge >= 0.3 is 6.09 Å². The molecule has 10 heteroatoms. The maximum Gasteiger partial charge on any atom is 0.412 e. The summed E-state index contributed by atoms with van der Waals surface area (Å²) in [5.74, 6) is 0.290. The summed E-state index contributed by atoms with van der Waals surface area (Å²) in [4.78, 5) is 34.7. The number of thiazole rings is 1. The normalized spacial score (nSPS) is 14.9. The Labute approximate surface area is 221 Å². The average Bonchev–Trinajstić information content (AvgIpc) is 3.51. The van der Waals surface area contributed by atoms with Crippen molar-refractivity contribution >= 4 is 39.7 Å². The lowest BCUT2D eigenvalue weighted by Crippen LogP contribution is -2.53. The van der Waals surface area contributed by atoms with E-state index in [1.54, 1.807) is 57.5 Å². The van der Waals surface area contributed by atoms with E-state index in [1.807, 2.05) is 6.07 Å². The summed E-state index contributed by atoms with van der Waals surface area (Å²) >= 11 is 1.36. The summed E-state index contributed by atoms with van der Waals surface area (Å²) in [6.07, 6.45) is 2.73. The number of hydrogen-bond donors (Lipinski definition) is 2. The van der Waals surface area contributed by atoms with E-state index in [-0.39, 0.29) is 11.4 Å². The van der Waals surface area contributed by atoms with Gasteiger partial charge in [-0.15, -0.1) is 0 Å². The van der Waals surface area contributed by atoms with Crippen LogP contribution in [0.2, 0.25) is 0 Å². The number of amides is 2. The Bertz CT molecular complexity index is 1230. The van der Waals surface area contributed by atoms with Crippen LogP contribution in [0.1, 0.15) is 51.3 Å². The molecule has 0 atom stereocenters. The van der Waals surface area contributed by atoms with Crippen LogP contribution in [0, 0.1) is 0 Å². The van der Waals surface area contributed by atoms with E-state index in [0.29, 0.717) is 22.1 Å². The van der Waals surface area contributed by atoms with Crippen LogP contribution in [-0.4, -0.2) is 59.2 Å². The third-order valence-corrected chi connectivity index (χ3v) is 6.99. The number of carbonyl (C=O) groups excluding carboxylic acids is 2. The fourth-order valence-electron chi connectivity index (χ4n) is 4.06. The minimum Gasteiger partial charge on any atom is -0.464 e. The molecule has 2 N–H and O–H groups in total. The topological polar surface area (TPSA) is 99.9 Å². The van der Waals surface area contributed by atoms with Gasteiger partial charge < -0.3 is 19.4 Å². The Hall–Kier alpha value is -3.37. The highest BCUT2D eigenvalue weighted by Gasteiger charge is 2.27. The van der Waals surface area contributed by atoms with Gasteiger partial charge in [0, 0.05) is 37.3 Å². The zero-order chi connectivity index (χ0) is 26.8. The Morgan fingerprint density at radius 2 is 1.73 bits per heavy atom. The van der Waals surface area contributed by atoms with Crippen LogP contribution >= 0.6 is 11.3 Å². The molecule has 1 aromatic carbocycles. The molecule has 3 aromatic rings. The number of aromatic nitrogens is 1. The number of nitrogens with zero attached hydrogens (tertiary/aromatic N) is 3. The van der Waals surface area contributed by atoms with Gasteiger partial charge in [0.1, 0.15) is 16.4 Å². The van der Waals surface area contributed by atoms with Crippen molar-refractivity contribution in [1.82, 2.24) is 9.88 Å². The van der Waals surface area contributed by atoms with Gasteiger partial charge in [-0.25, -0.2) is 9.78 Å². The van der Waals surface area contributed by atoms with E-state index in [0.717, 1.165) is 36.7 Å². The third kappa shape index (κ3) is 6.90. The third-order valence-electron chi connectivity index (χ3n) is 5.94. The van der Waals surface area contributed by atoms with Crippen molar-refractivity contribution in [3.05, 3.63) is 47.8 Å². The molecular formula is C27H35N5O4S. The molecule has 37 heavy (non-hydrogen) atoms. The Morgan fingerprint density at radius 3 is 2.35 bits per heavy atom. The number of hydrogen-bond acceptors (Lipinski definition) is 8. The summed E-state index contributed by atoms with van der Waals surface area (Å²) in [7, 11) is 0. The van der Waals surface area contributed by atoms with Gasteiger partial charge in [0.05, 0.1) is 23.8 Å². The van der Waals surface area contributed by atoms with Crippen molar-refractivity contribution in [2.45, 2.75) is 52.7 Å². The van der Waals surface area contributed by atoms with E-state index in [2.05, 4.69) is 46.2 Å². The average molecular weight is 526 g/mol. The number of piperazine rings is 1. The van der Waals surface area contributed by atoms with Gasteiger partial charge in [-0.05, 0) is 71.9 Å². The van der Waals surface area contributed by atoms with E-state index >= 15 is 0 Å². The van der Waals surface area contributed by atoms with E-state index in [4.69, 9.17) is 9.15 Å². The summed E-state index contributed by atoms with van der Waals surface area (Å²) in [5.41, 5.74) is 1.07. The number of furan rings is 1. The molecule has 2 aromatic heterocycles. The molecule has 1 saturated heterocycles. The van der Waals surface area contributed by atoms with Gasteiger partial charge in [0.2, 0.25) is 0 Å². The van der Waals surface area contributed by atoms with Crippen molar-refractivity contribution in [3.8, 4) is 11.3 Å². The van der Waals surface area contributed by atoms with E-state index in [1.165, 1.54) is 11.3 Å². The standard InChI is InChI=1S/C27H35N5O4S/c1-26(2,3)32-13-11-31(12-14-32)22-17-28-24(37-22)23(33)29-20-16-18(21-8-7-15-35-21)9-10-19(20)30-25(34)36-27(4,5)6/h7-10,15-17H,11-14H2,1-6H3,(H,29,33)(H,30,34). The SMILES string of the molecule is CC(C)(C)OC(=O)Nc1ccc(-c2ccco2)cc1NC(=O)c1ncc(N2CCN(C(C)(C)C)CC2)s1. The minimum absolute atomic E-state index is 0.139. The first-order valence-corrected chi connectivity index (χ1v) is 13.2. The highest BCUT2D eigenvalue weighted by Crippen LogP contribution is 2.32. The summed E-state index contributed by atoms with van der Waals surface area (Å²) in [6.45, 7) is 15.7. The van der Waals surface area contributed by atoms with Crippen molar-refractivity contribution in [2.24, 2.45) is 0 Å². The second-order valence-electron chi connectivity index (χ2n) is 11.0. The van der Waals surface area contributed by atoms with Gasteiger partial charge in [-0.2, -0.15) is 0 Å². The minimum atomic E-state index is -0.655. The zero-order valence-electron chi connectivity index (χ0n) is 22.3. The summed E-state index contributed by atoms with van der Waals surface area (Å²) < 4.78 is 10.9. The Morgan fingerprint density at radius 1 is 1.00 bits per heavy atom. The van der Waals surface area contributed by atoms with Crippen LogP contribution in [0.3, 0.4) is 0 Å². The molecule has 9 nitrogen and oxygen atoms in total. The molecule has 0 saturated carbocycles. The molecule has 0 bridgehead atoms. The molecule has 198 valence electrons. The molecule has 2 amide bonds. The Kier molecular flexibility index (Phi) is 7.61. The summed E-state index contributed by atoms with van der Waals surface area (Å²) in [6, 6.07) is 8.89. The van der Waals surface area contributed by atoms with Crippen LogP contribution in [-0.2, 0) is 4.74 Å². The lowest BCUT2D eigenvalue weighted by atomic mass is 10.1. The Balaban J connectivity index is 1.50. The van der Waals surface area contributed by atoms with Crippen LogP contribution < -0.4 is 15.5 Å². The summed E-state index contributed by atoms with van der Waals surface area (Å²) in [5, 5.41) is 6.96. The first-order chi connectivity index (χ1) is 17.4. The second kappa shape index (κ2) is 10.5. The number of benzene rings is 1. The first-order valence-electron chi connectivity index (χ1n) is 12.3. The molecule has 1 aliphatic heterocycles. The molecule has 0 spiro atoms. The fraction of sp³-hybridized carbons (Fsp3) is 0.444. The lowest BCUT2D eigenvalue weighted by Gasteiger charge is -2.42. The molecular weight excluding hydrogens is 490 g/mol. The molecule has 3 heterocycles. The zero-order valence-corrected chi connectivity index (χ0v) is 23.1. The molecule has 1 fully saturated rings. The molecule has 0 radical (unpaired) electrons. The molecule has 0 aliphatic carbocycles. The molecule has 0 unspecified atom stereocenters. The smallest absolute Gasteiger partial charge is 0.412 e. The van der Waals surface area contributed by atoms with Crippen LogP contribution in [0.25, 0.3) is 11.3 Å². The monoisotopic (exact) mass is 525 g/mol. The van der Waals surface area contributed by atoms with Crippen molar-refractivity contribution in [2.75, 3.05) is 41.7 Å². The van der Waals surface area contributed by atoms with Gasteiger partial charge in [-0.3, -0.25) is 15.0 Å². The number of nitrogens with one attached hydrogen (secondary N) is 2. The lowest BCUT2D eigenvalue weighted by molar-refractivity contribution is 0.0635.